The van der Waals surface area contributed by atoms with Crippen molar-refractivity contribution in [3.05, 3.63) is 47.5 Å². The SMILES string of the molecule is CO.N=Cc1c(NCCN2CCc3ncc(O)cc3C2)nc(N)n2nc(-c3ccco3)nc12. The second-order valence-electron chi connectivity index (χ2n) is 7.28. The third-order valence-electron chi connectivity index (χ3n) is 5.26. The lowest BCUT2D eigenvalue weighted by molar-refractivity contribution is 0.261. The van der Waals surface area contributed by atoms with E-state index in [2.05, 4.69) is 30.3 Å². The van der Waals surface area contributed by atoms with Gasteiger partial charge in [0.2, 0.25) is 11.8 Å². The van der Waals surface area contributed by atoms with Gasteiger partial charge in [-0.1, -0.05) is 0 Å². The van der Waals surface area contributed by atoms with Gasteiger partial charge in [-0.25, -0.2) is 4.98 Å². The maximum Gasteiger partial charge on any atom is 0.225 e. The second kappa shape index (κ2) is 9.63. The molecule has 0 atom stereocenters. The van der Waals surface area contributed by atoms with E-state index in [1.54, 1.807) is 24.5 Å². The molecule has 5 heterocycles. The molecule has 6 N–H and O–H groups in total. The highest BCUT2D eigenvalue weighted by molar-refractivity contribution is 5.93. The van der Waals surface area contributed by atoms with Gasteiger partial charge in [-0.3, -0.25) is 9.88 Å². The number of hydrogen-bond acceptors (Lipinski definition) is 11. The zero-order valence-corrected chi connectivity index (χ0v) is 18.1. The molecule has 0 amide bonds. The molecule has 5 rings (SSSR count). The van der Waals surface area contributed by atoms with E-state index in [-0.39, 0.29) is 11.7 Å². The van der Waals surface area contributed by atoms with Gasteiger partial charge in [0.25, 0.3) is 0 Å². The van der Waals surface area contributed by atoms with Gasteiger partial charge in [0.05, 0.1) is 18.0 Å². The van der Waals surface area contributed by atoms with E-state index in [4.69, 9.17) is 20.7 Å². The number of aliphatic hydroxyl groups excluding tert-OH is 1. The number of furan rings is 1. The number of aliphatic hydroxyl groups is 1. The zero-order valence-electron chi connectivity index (χ0n) is 18.1. The van der Waals surface area contributed by atoms with Crippen molar-refractivity contribution >= 4 is 23.6 Å². The van der Waals surface area contributed by atoms with Crippen molar-refractivity contribution < 1.29 is 14.6 Å². The Labute approximate surface area is 189 Å². The van der Waals surface area contributed by atoms with Gasteiger partial charge >= 0.3 is 0 Å². The monoisotopic (exact) mass is 451 g/mol. The minimum atomic E-state index is 0.168. The van der Waals surface area contributed by atoms with Gasteiger partial charge in [-0.15, -0.1) is 5.10 Å². The second-order valence-corrected chi connectivity index (χ2v) is 7.28. The Morgan fingerprint density at radius 2 is 2.18 bits per heavy atom. The quantitative estimate of drug-likeness (QED) is 0.267. The lowest BCUT2D eigenvalue weighted by atomic mass is 10.1. The zero-order chi connectivity index (χ0) is 23.4. The number of pyridine rings is 1. The Morgan fingerprint density at radius 1 is 1.33 bits per heavy atom. The van der Waals surface area contributed by atoms with Crippen LogP contribution in [0.15, 0.2) is 35.1 Å². The van der Waals surface area contributed by atoms with Crippen molar-refractivity contribution in [3.8, 4) is 17.3 Å². The number of anilines is 2. The normalized spacial score (nSPS) is 13.3. The number of nitrogens with one attached hydrogen (secondary N) is 2. The Hall–Kier alpha value is -4.03. The van der Waals surface area contributed by atoms with Crippen LogP contribution >= 0.6 is 0 Å². The van der Waals surface area contributed by atoms with Crippen LogP contribution in [-0.4, -0.2) is 72.6 Å². The average Bonchev–Trinajstić information content (AvgIpc) is 3.51. The smallest absolute Gasteiger partial charge is 0.225 e. The number of nitrogens with zero attached hydrogens (tertiary/aromatic N) is 6. The molecule has 4 aromatic rings. The largest absolute Gasteiger partial charge is 0.506 e. The van der Waals surface area contributed by atoms with Crippen LogP contribution < -0.4 is 11.1 Å². The predicted molar refractivity (Wildman–Crippen MR) is 122 cm³/mol. The maximum atomic E-state index is 9.68. The first-order chi connectivity index (χ1) is 16.1. The molecule has 1 aliphatic rings. The topological polar surface area (TPSA) is 175 Å². The van der Waals surface area contributed by atoms with Crippen LogP contribution in [0.4, 0.5) is 11.8 Å². The van der Waals surface area contributed by atoms with Gasteiger partial charge in [-0.05, 0) is 23.8 Å². The Morgan fingerprint density at radius 3 is 2.94 bits per heavy atom. The Balaban J connectivity index is 0.00000126. The van der Waals surface area contributed by atoms with Crippen LogP contribution in [0.1, 0.15) is 16.8 Å². The van der Waals surface area contributed by atoms with Gasteiger partial charge in [-0.2, -0.15) is 9.50 Å². The number of nitrogens with two attached hydrogens (primary N) is 1. The molecule has 0 bridgehead atoms. The van der Waals surface area contributed by atoms with E-state index in [1.807, 2.05) is 0 Å². The van der Waals surface area contributed by atoms with Gasteiger partial charge < -0.3 is 31.1 Å². The number of aromatic nitrogens is 5. The van der Waals surface area contributed by atoms with Crippen LogP contribution in [0.3, 0.4) is 0 Å². The maximum absolute atomic E-state index is 9.68. The van der Waals surface area contributed by atoms with Gasteiger partial charge in [0.15, 0.2) is 11.4 Å². The highest BCUT2D eigenvalue weighted by atomic mass is 16.3. The Bertz CT molecular complexity index is 1250. The summed E-state index contributed by atoms with van der Waals surface area (Å²) in [4.78, 5) is 15.4. The van der Waals surface area contributed by atoms with Crippen LogP contribution in [0.2, 0.25) is 0 Å². The minimum Gasteiger partial charge on any atom is -0.506 e. The molecule has 0 saturated heterocycles. The van der Waals surface area contributed by atoms with Crippen molar-refractivity contribution in [2.75, 3.05) is 37.8 Å². The summed E-state index contributed by atoms with van der Waals surface area (Å²) in [5.74, 6) is 1.73. The summed E-state index contributed by atoms with van der Waals surface area (Å²) < 4.78 is 6.77. The fraction of sp³-hybridized carbons (Fsp3) is 0.286. The highest BCUT2D eigenvalue weighted by Crippen LogP contribution is 2.24. The lowest BCUT2D eigenvalue weighted by Crippen LogP contribution is -2.34. The molecule has 0 aliphatic carbocycles. The van der Waals surface area contributed by atoms with Crippen LogP contribution in [0.25, 0.3) is 17.2 Å². The summed E-state index contributed by atoms with van der Waals surface area (Å²) in [5.41, 5.74) is 9.10. The first-order valence-corrected chi connectivity index (χ1v) is 10.3. The van der Waals surface area contributed by atoms with Gasteiger partial charge in [0.1, 0.15) is 11.6 Å². The molecule has 1 aliphatic heterocycles. The first kappa shape index (κ1) is 22.2. The fourth-order valence-electron chi connectivity index (χ4n) is 3.75. The minimum absolute atomic E-state index is 0.168. The summed E-state index contributed by atoms with van der Waals surface area (Å²) in [5, 5.41) is 32.2. The number of rotatable bonds is 6. The number of aromatic hydroxyl groups is 1. The van der Waals surface area contributed by atoms with E-state index in [0.717, 1.165) is 44.4 Å². The standard InChI is InChI=1S/C20H21N9O2.CH4O/c21-9-14-17(23-4-6-28-5-3-15-12(11-28)8-13(30)10-24-15)26-20(22)29-19(14)25-18(27-29)16-2-1-7-31-16;1-2/h1-2,7-10,21,23,30H,3-6,11H2,(H2,22,26);2H,1H3. The summed E-state index contributed by atoms with van der Waals surface area (Å²) in [6, 6.07) is 5.28. The summed E-state index contributed by atoms with van der Waals surface area (Å²) >= 11 is 0. The predicted octanol–water partition coefficient (Wildman–Crippen LogP) is 1.14. The molecule has 0 radical (unpaired) electrons. The highest BCUT2D eigenvalue weighted by Gasteiger charge is 2.19. The number of nitrogen functional groups attached to an aromatic ring is 1. The van der Waals surface area contributed by atoms with E-state index in [0.29, 0.717) is 35.2 Å². The van der Waals surface area contributed by atoms with E-state index < -0.39 is 0 Å². The summed E-state index contributed by atoms with van der Waals surface area (Å²) in [6.45, 7) is 2.96. The molecular formula is C21H25N9O3. The van der Waals surface area contributed by atoms with Crippen molar-refractivity contribution in [2.24, 2.45) is 0 Å². The molecule has 12 heteroatoms. The van der Waals surface area contributed by atoms with Crippen molar-refractivity contribution in [1.29, 1.82) is 5.41 Å². The molecule has 0 saturated carbocycles. The third kappa shape index (κ3) is 4.47. The molecule has 0 aromatic carbocycles. The van der Waals surface area contributed by atoms with Crippen LogP contribution in [0, 0.1) is 5.41 Å². The lowest BCUT2D eigenvalue weighted by Gasteiger charge is -2.28. The Kier molecular flexibility index (Phi) is 6.47. The van der Waals surface area contributed by atoms with Crippen molar-refractivity contribution in [2.45, 2.75) is 13.0 Å². The summed E-state index contributed by atoms with van der Waals surface area (Å²) in [7, 11) is 1.00. The molecular weight excluding hydrogens is 426 g/mol. The molecule has 0 fully saturated rings. The van der Waals surface area contributed by atoms with Crippen LogP contribution in [-0.2, 0) is 13.0 Å². The van der Waals surface area contributed by atoms with E-state index in [9.17, 15) is 5.11 Å². The molecule has 0 unspecified atom stereocenters. The van der Waals surface area contributed by atoms with Crippen molar-refractivity contribution in [1.82, 2.24) is 29.5 Å². The van der Waals surface area contributed by atoms with Gasteiger partial charge in [0, 0.05) is 51.6 Å². The first-order valence-electron chi connectivity index (χ1n) is 10.3. The molecule has 0 spiro atoms. The molecule has 33 heavy (non-hydrogen) atoms. The van der Waals surface area contributed by atoms with E-state index >= 15 is 0 Å². The molecule has 172 valence electrons. The number of fused-ring (bicyclic) bond motifs is 2. The van der Waals surface area contributed by atoms with Crippen molar-refractivity contribution in [3.63, 3.8) is 0 Å². The number of hydrogen-bond donors (Lipinski definition) is 5. The third-order valence-corrected chi connectivity index (χ3v) is 5.26. The fourth-order valence-corrected chi connectivity index (χ4v) is 3.75. The summed E-state index contributed by atoms with van der Waals surface area (Å²) in [6.07, 6.45) is 5.07. The van der Waals surface area contributed by atoms with Crippen LogP contribution in [0.5, 0.6) is 5.75 Å². The molecule has 4 aromatic heterocycles. The average molecular weight is 451 g/mol. The van der Waals surface area contributed by atoms with E-state index in [1.165, 1.54) is 16.9 Å². The molecule has 12 nitrogen and oxygen atoms in total.